The van der Waals surface area contributed by atoms with Gasteiger partial charge in [0.25, 0.3) is 0 Å². The van der Waals surface area contributed by atoms with Gasteiger partial charge in [-0.15, -0.1) is 0 Å². The summed E-state index contributed by atoms with van der Waals surface area (Å²) in [6, 6.07) is 9.06. The van der Waals surface area contributed by atoms with Crippen LogP contribution in [-0.2, 0) is 14.3 Å². The van der Waals surface area contributed by atoms with E-state index in [4.69, 9.17) is 14.2 Å². The number of rotatable bonds is 4. The summed E-state index contributed by atoms with van der Waals surface area (Å²) in [5, 5.41) is 1.42. The lowest BCUT2D eigenvalue weighted by Crippen LogP contribution is -2.36. The van der Waals surface area contributed by atoms with E-state index in [2.05, 4.69) is 4.90 Å². The Morgan fingerprint density at radius 3 is 2.56 bits per heavy atom. The van der Waals surface area contributed by atoms with Gasteiger partial charge in [0.05, 0.1) is 25.4 Å². The molecule has 1 aliphatic heterocycles. The molecule has 1 saturated heterocycles. The van der Waals surface area contributed by atoms with Crippen molar-refractivity contribution in [3.63, 3.8) is 0 Å². The number of anilines is 1. The van der Waals surface area contributed by atoms with Crippen molar-refractivity contribution in [1.29, 1.82) is 0 Å². The number of carbonyl (C=O) groups is 2. The second-order valence-electron chi connectivity index (χ2n) is 5.75. The highest BCUT2D eigenvalue weighted by molar-refractivity contribution is 6.07. The van der Waals surface area contributed by atoms with Crippen molar-refractivity contribution in [2.45, 2.75) is 13.8 Å². The Kier molecular flexibility index (Phi) is 5.19. The first-order valence-electron chi connectivity index (χ1n) is 8.35. The number of esters is 2. The highest BCUT2D eigenvalue weighted by Crippen LogP contribution is 2.33. The van der Waals surface area contributed by atoms with Crippen LogP contribution in [0.2, 0.25) is 0 Å². The average Bonchev–Trinajstić information content (AvgIpc) is 2.62. The second kappa shape index (κ2) is 7.53. The lowest BCUT2D eigenvalue weighted by molar-refractivity contribution is -0.131. The van der Waals surface area contributed by atoms with E-state index in [0.717, 1.165) is 18.8 Å². The molecule has 2 aromatic rings. The third-order valence-corrected chi connectivity index (χ3v) is 4.09. The number of benzene rings is 2. The number of fused-ring (bicyclic) bond motifs is 1. The van der Waals surface area contributed by atoms with Crippen LogP contribution >= 0.6 is 0 Å². The molecule has 0 saturated carbocycles. The van der Waals surface area contributed by atoms with E-state index in [1.54, 1.807) is 19.1 Å². The number of ether oxygens (including phenoxy) is 3. The van der Waals surface area contributed by atoms with Gasteiger partial charge in [0.2, 0.25) is 0 Å². The SMILES string of the molecule is CCOC(=O)c1ccc(OC(C)=O)c2cc(N3CCOCC3)ccc12. The number of hydrogen-bond donors (Lipinski definition) is 0. The van der Waals surface area contributed by atoms with Crippen molar-refractivity contribution in [3.05, 3.63) is 35.9 Å². The Morgan fingerprint density at radius 1 is 1.12 bits per heavy atom. The molecule has 6 nitrogen and oxygen atoms in total. The molecule has 0 unspecified atom stereocenters. The van der Waals surface area contributed by atoms with Crippen molar-refractivity contribution in [3.8, 4) is 5.75 Å². The molecule has 1 heterocycles. The molecule has 1 fully saturated rings. The number of carbonyl (C=O) groups excluding carboxylic acids is 2. The van der Waals surface area contributed by atoms with Crippen LogP contribution in [0, 0.1) is 0 Å². The normalized spacial score (nSPS) is 14.4. The smallest absolute Gasteiger partial charge is 0.338 e. The summed E-state index contributed by atoms with van der Waals surface area (Å²) in [6.07, 6.45) is 0. The third-order valence-electron chi connectivity index (χ3n) is 4.09. The van der Waals surface area contributed by atoms with E-state index < -0.39 is 5.97 Å². The van der Waals surface area contributed by atoms with E-state index in [1.165, 1.54) is 6.92 Å². The lowest BCUT2D eigenvalue weighted by atomic mass is 10.0. The minimum Gasteiger partial charge on any atom is -0.462 e. The van der Waals surface area contributed by atoms with E-state index in [1.807, 2.05) is 18.2 Å². The quantitative estimate of drug-likeness (QED) is 0.628. The average molecular weight is 343 g/mol. The molecule has 25 heavy (non-hydrogen) atoms. The maximum atomic E-state index is 12.2. The Hall–Kier alpha value is -2.60. The van der Waals surface area contributed by atoms with Crippen molar-refractivity contribution in [2.75, 3.05) is 37.8 Å². The van der Waals surface area contributed by atoms with Crippen LogP contribution in [0.25, 0.3) is 10.8 Å². The summed E-state index contributed by atoms with van der Waals surface area (Å²) in [6.45, 7) is 6.38. The minimum atomic E-state index is -0.401. The molecule has 132 valence electrons. The molecule has 0 aromatic heterocycles. The van der Waals surface area contributed by atoms with Crippen LogP contribution in [0.15, 0.2) is 30.3 Å². The number of nitrogens with zero attached hydrogens (tertiary/aromatic N) is 1. The lowest BCUT2D eigenvalue weighted by Gasteiger charge is -2.29. The summed E-state index contributed by atoms with van der Waals surface area (Å²) in [7, 11) is 0. The van der Waals surface area contributed by atoms with Gasteiger partial charge in [0.15, 0.2) is 0 Å². The van der Waals surface area contributed by atoms with Crippen LogP contribution < -0.4 is 9.64 Å². The van der Waals surface area contributed by atoms with Gasteiger partial charge in [0.1, 0.15) is 5.75 Å². The van der Waals surface area contributed by atoms with Gasteiger partial charge in [-0.05, 0) is 31.2 Å². The van der Waals surface area contributed by atoms with Crippen LogP contribution in [0.4, 0.5) is 5.69 Å². The second-order valence-corrected chi connectivity index (χ2v) is 5.75. The number of morpholine rings is 1. The van der Waals surface area contributed by atoms with Crippen molar-refractivity contribution >= 4 is 28.4 Å². The molecule has 0 aliphatic carbocycles. The maximum absolute atomic E-state index is 12.2. The van der Waals surface area contributed by atoms with Gasteiger partial charge in [-0.3, -0.25) is 4.79 Å². The summed E-state index contributed by atoms with van der Waals surface area (Å²) >= 11 is 0. The fraction of sp³-hybridized carbons (Fsp3) is 0.368. The van der Waals surface area contributed by atoms with E-state index in [0.29, 0.717) is 41.9 Å². The zero-order valence-electron chi connectivity index (χ0n) is 14.4. The monoisotopic (exact) mass is 343 g/mol. The van der Waals surface area contributed by atoms with Crippen molar-refractivity contribution in [1.82, 2.24) is 0 Å². The van der Waals surface area contributed by atoms with Crippen LogP contribution in [0.5, 0.6) is 5.75 Å². The predicted molar refractivity (Wildman–Crippen MR) is 94.2 cm³/mol. The molecule has 1 aliphatic rings. The summed E-state index contributed by atoms with van der Waals surface area (Å²) in [5.41, 5.74) is 1.46. The Morgan fingerprint density at radius 2 is 1.88 bits per heavy atom. The molecule has 6 heteroatoms. The predicted octanol–water partition coefficient (Wildman–Crippen LogP) is 2.78. The zero-order chi connectivity index (χ0) is 17.8. The molecular formula is C19H21NO5. The van der Waals surface area contributed by atoms with Crippen molar-refractivity contribution < 1.29 is 23.8 Å². The molecule has 0 atom stereocenters. The fourth-order valence-electron chi connectivity index (χ4n) is 2.96. The largest absolute Gasteiger partial charge is 0.462 e. The van der Waals surface area contributed by atoms with E-state index in [-0.39, 0.29) is 5.97 Å². The fourth-order valence-corrected chi connectivity index (χ4v) is 2.96. The van der Waals surface area contributed by atoms with E-state index in [9.17, 15) is 9.59 Å². The first-order valence-corrected chi connectivity index (χ1v) is 8.35. The first-order chi connectivity index (χ1) is 12.1. The van der Waals surface area contributed by atoms with Gasteiger partial charge in [0, 0.05) is 36.5 Å². The van der Waals surface area contributed by atoms with Crippen molar-refractivity contribution in [2.24, 2.45) is 0 Å². The molecule has 0 spiro atoms. The van der Waals surface area contributed by atoms with Gasteiger partial charge >= 0.3 is 11.9 Å². The molecule has 2 aromatic carbocycles. The molecule has 0 amide bonds. The van der Waals surface area contributed by atoms with Gasteiger partial charge in [-0.2, -0.15) is 0 Å². The Balaban J connectivity index is 2.09. The first kappa shape index (κ1) is 17.2. The summed E-state index contributed by atoms with van der Waals surface area (Å²) in [5.74, 6) is -0.353. The zero-order valence-corrected chi connectivity index (χ0v) is 14.4. The molecule has 0 bridgehead atoms. The Bertz CT molecular complexity index is 796. The minimum absolute atomic E-state index is 0.303. The van der Waals surface area contributed by atoms with E-state index >= 15 is 0 Å². The molecular weight excluding hydrogens is 322 g/mol. The molecule has 0 N–H and O–H groups in total. The van der Waals surface area contributed by atoms with Crippen LogP contribution in [-0.4, -0.2) is 44.8 Å². The van der Waals surface area contributed by atoms with Crippen LogP contribution in [0.1, 0.15) is 24.2 Å². The molecule has 0 radical (unpaired) electrons. The van der Waals surface area contributed by atoms with Crippen LogP contribution in [0.3, 0.4) is 0 Å². The topological polar surface area (TPSA) is 65.1 Å². The Labute approximate surface area is 146 Å². The highest BCUT2D eigenvalue weighted by atomic mass is 16.5. The van der Waals surface area contributed by atoms with Gasteiger partial charge < -0.3 is 19.1 Å². The van der Waals surface area contributed by atoms with Gasteiger partial charge in [-0.25, -0.2) is 4.79 Å². The third kappa shape index (κ3) is 3.74. The highest BCUT2D eigenvalue weighted by Gasteiger charge is 2.18. The van der Waals surface area contributed by atoms with Gasteiger partial charge in [-0.1, -0.05) is 6.07 Å². The summed E-state index contributed by atoms with van der Waals surface area (Å²) in [4.78, 5) is 25.9. The number of hydrogen-bond acceptors (Lipinski definition) is 6. The maximum Gasteiger partial charge on any atom is 0.338 e. The standard InChI is InChI=1S/C19H21NO5/c1-3-24-19(22)16-6-7-18(25-13(2)21)17-12-14(4-5-15(16)17)20-8-10-23-11-9-20/h4-7,12H,3,8-11H2,1-2H3. The molecule has 3 rings (SSSR count). The summed E-state index contributed by atoms with van der Waals surface area (Å²) < 4.78 is 15.9.